The van der Waals surface area contributed by atoms with E-state index in [0.717, 1.165) is 18.7 Å². The minimum atomic E-state index is -0.499. The molecular weight excluding hydrogens is 368 g/mol. The number of imidazole rings is 1. The van der Waals surface area contributed by atoms with Crippen LogP contribution in [0, 0.1) is 0 Å². The standard InChI is InChI=1S/C22H32N4O3/c1-17(13-19-15-28-12-11-26(19)21(27)29-22(2,3)4)24-14-18-7-5-6-8-20(18)25-10-9-23-16-25/h5-10,16-17,19,24H,11-15H2,1-4H3/t17-,19-/m1/s1. The Bertz CT molecular complexity index is 786. The molecule has 1 N–H and O–H groups in total. The predicted molar refractivity (Wildman–Crippen MR) is 112 cm³/mol. The van der Waals surface area contributed by atoms with Gasteiger partial charge < -0.3 is 24.3 Å². The minimum absolute atomic E-state index is 0.00462. The van der Waals surface area contributed by atoms with Crippen molar-refractivity contribution >= 4 is 6.09 Å². The van der Waals surface area contributed by atoms with Crippen LogP contribution >= 0.6 is 0 Å². The third-order valence-electron chi connectivity index (χ3n) is 4.90. The summed E-state index contributed by atoms with van der Waals surface area (Å²) in [6, 6.07) is 8.49. The van der Waals surface area contributed by atoms with E-state index in [1.807, 2.05) is 48.6 Å². The average Bonchev–Trinajstić information content (AvgIpc) is 3.20. The van der Waals surface area contributed by atoms with E-state index < -0.39 is 5.60 Å². The SMILES string of the molecule is C[C@H](C[C@@H]1COCCN1C(=O)OC(C)(C)C)NCc1ccccc1-n1ccnc1. The van der Waals surface area contributed by atoms with Gasteiger partial charge in [0.2, 0.25) is 0 Å². The highest BCUT2D eigenvalue weighted by Crippen LogP contribution is 2.19. The first-order valence-electron chi connectivity index (χ1n) is 10.2. The quantitative estimate of drug-likeness (QED) is 0.805. The second kappa shape index (κ2) is 9.41. The molecule has 1 amide bonds. The smallest absolute Gasteiger partial charge is 0.410 e. The lowest BCUT2D eigenvalue weighted by atomic mass is 10.1. The Kier molecular flexibility index (Phi) is 6.92. The molecule has 7 heteroatoms. The van der Waals surface area contributed by atoms with E-state index in [4.69, 9.17) is 9.47 Å². The number of hydrogen-bond donors (Lipinski definition) is 1. The van der Waals surface area contributed by atoms with Gasteiger partial charge in [0.25, 0.3) is 0 Å². The van der Waals surface area contributed by atoms with E-state index in [-0.39, 0.29) is 18.2 Å². The molecule has 1 saturated heterocycles. The van der Waals surface area contributed by atoms with E-state index in [1.54, 1.807) is 12.5 Å². The first kappa shape index (κ1) is 21.3. The van der Waals surface area contributed by atoms with Gasteiger partial charge in [-0.25, -0.2) is 9.78 Å². The van der Waals surface area contributed by atoms with Gasteiger partial charge in [0.1, 0.15) is 5.60 Å². The number of carbonyl (C=O) groups is 1. The fraction of sp³-hybridized carbons (Fsp3) is 0.545. The second-order valence-electron chi connectivity index (χ2n) is 8.52. The molecular formula is C22H32N4O3. The predicted octanol–water partition coefficient (Wildman–Crippen LogP) is 3.38. The number of amides is 1. The molecule has 1 aromatic heterocycles. The average molecular weight is 401 g/mol. The molecule has 1 aliphatic heterocycles. The van der Waals surface area contributed by atoms with Gasteiger partial charge in [0.15, 0.2) is 0 Å². The third kappa shape index (κ3) is 6.05. The number of para-hydroxylation sites is 1. The number of carbonyl (C=O) groups excluding carboxylic acids is 1. The summed E-state index contributed by atoms with van der Waals surface area (Å²) in [6.45, 7) is 10.2. The first-order chi connectivity index (χ1) is 13.8. The summed E-state index contributed by atoms with van der Waals surface area (Å²) in [6.07, 6.45) is 6.07. The van der Waals surface area contributed by atoms with Crippen LogP contribution in [0.3, 0.4) is 0 Å². The van der Waals surface area contributed by atoms with Crippen LogP contribution < -0.4 is 5.32 Å². The zero-order valence-corrected chi connectivity index (χ0v) is 17.8. The topological polar surface area (TPSA) is 68.6 Å². The summed E-state index contributed by atoms with van der Waals surface area (Å²) < 4.78 is 13.2. The molecule has 7 nitrogen and oxygen atoms in total. The Balaban J connectivity index is 1.59. The lowest BCUT2D eigenvalue weighted by molar-refractivity contribution is -0.0356. The number of nitrogens with one attached hydrogen (secondary N) is 1. The van der Waals surface area contributed by atoms with E-state index >= 15 is 0 Å². The van der Waals surface area contributed by atoms with Crippen molar-refractivity contribution in [2.45, 2.75) is 58.3 Å². The number of ether oxygens (including phenoxy) is 2. The van der Waals surface area contributed by atoms with Crippen LogP contribution in [0.4, 0.5) is 4.79 Å². The maximum absolute atomic E-state index is 12.6. The van der Waals surface area contributed by atoms with Gasteiger partial charge in [0.05, 0.1) is 31.3 Å². The van der Waals surface area contributed by atoms with E-state index in [1.165, 1.54) is 5.56 Å². The highest BCUT2D eigenvalue weighted by Gasteiger charge is 2.31. The molecule has 1 aliphatic rings. The number of rotatable bonds is 6. The Morgan fingerprint density at radius 2 is 2.17 bits per heavy atom. The third-order valence-corrected chi connectivity index (χ3v) is 4.90. The van der Waals surface area contributed by atoms with Crippen LogP contribution in [0.15, 0.2) is 43.0 Å². The molecule has 0 spiro atoms. The van der Waals surface area contributed by atoms with Crippen molar-refractivity contribution in [1.29, 1.82) is 0 Å². The van der Waals surface area contributed by atoms with Crippen molar-refractivity contribution in [1.82, 2.24) is 19.8 Å². The maximum Gasteiger partial charge on any atom is 0.410 e. The normalized spacial score (nSPS) is 18.5. The van der Waals surface area contributed by atoms with Crippen molar-refractivity contribution in [3.63, 3.8) is 0 Å². The molecule has 29 heavy (non-hydrogen) atoms. The lowest BCUT2D eigenvalue weighted by Crippen LogP contribution is -2.52. The molecule has 0 unspecified atom stereocenters. The van der Waals surface area contributed by atoms with Crippen molar-refractivity contribution < 1.29 is 14.3 Å². The highest BCUT2D eigenvalue weighted by atomic mass is 16.6. The Morgan fingerprint density at radius 3 is 2.90 bits per heavy atom. The van der Waals surface area contributed by atoms with E-state index in [2.05, 4.69) is 29.4 Å². The first-order valence-corrected chi connectivity index (χ1v) is 10.2. The zero-order valence-electron chi connectivity index (χ0n) is 17.8. The summed E-state index contributed by atoms with van der Waals surface area (Å²) in [7, 11) is 0. The van der Waals surface area contributed by atoms with Gasteiger partial charge in [-0.2, -0.15) is 0 Å². The number of benzene rings is 1. The molecule has 1 fully saturated rings. The molecule has 2 heterocycles. The zero-order chi connectivity index (χ0) is 20.9. The maximum atomic E-state index is 12.6. The van der Waals surface area contributed by atoms with E-state index in [9.17, 15) is 4.79 Å². The Labute approximate surface area is 173 Å². The summed E-state index contributed by atoms with van der Waals surface area (Å²) >= 11 is 0. The summed E-state index contributed by atoms with van der Waals surface area (Å²) in [4.78, 5) is 18.5. The monoisotopic (exact) mass is 400 g/mol. The minimum Gasteiger partial charge on any atom is -0.444 e. The van der Waals surface area contributed by atoms with Crippen LogP contribution in [0.25, 0.3) is 5.69 Å². The Morgan fingerprint density at radius 1 is 1.38 bits per heavy atom. The van der Waals surface area contributed by atoms with Crippen LogP contribution in [-0.2, 0) is 16.0 Å². The van der Waals surface area contributed by atoms with Crippen LogP contribution in [0.2, 0.25) is 0 Å². The van der Waals surface area contributed by atoms with Crippen molar-refractivity contribution in [3.05, 3.63) is 48.5 Å². The van der Waals surface area contributed by atoms with Crippen LogP contribution in [0.5, 0.6) is 0 Å². The van der Waals surface area contributed by atoms with Crippen LogP contribution in [-0.4, -0.2) is 58.0 Å². The fourth-order valence-electron chi connectivity index (χ4n) is 3.50. The van der Waals surface area contributed by atoms with Gasteiger partial charge in [-0.15, -0.1) is 0 Å². The molecule has 158 valence electrons. The number of aromatic nitrogens is 2. The molecule has 2 aromatic rings. The summed E-state index contributed by atoms with van der Waals surface area (Å²) in [5, 5.41) is 3.59. The second-order valence-corrected chi connectivity index (χ2v) is 8.52. The molecule has 0 saturated carbocycles. The summed E-state index contributed by atoms with van der Waals surface area (Å²) in [5.41, 5.74) is 1.81. The van der Waals surface area contributed by atoms with Crippen molar-refractivity contribution in [2.24, 2.45) is 0 Å². The van der Waals surface area contributed by atoms with Crippen molar-refractivity contribution in [3.8, 4) is 5.69 Å². The van der Waals surface area contributed by atoms with Gasteiger partial charge in [-0.1, -0.05) is 18.2 Å². The highest BCUT2D eigenvalue weighted by molar-refractivity contribution is 5.68. The number of morpholine rings is 1. The molecule has 2 atom stereocenters. The van der Waals surface area contributed by atoms with E-state index in [0.29, 0.717) is 19.8 Å². The van der Waals surface area contributed by atoms with Gasteiger partial charge in [-0.05, 0) is 45.7 Å². The molecule has 0 bridgehead atoms. The number of hydrogen-bond acceptors (Lipinski definition) is 5. The lowest BCUT2D eigenvalue weighted by Gasteiger charge is -2.37. The largest absolute Gasteiger partial charge is 0.444 e. The number of nitrogens with zero attached hydrogens (tertiary/aromatic N) is 3. The van der Waals surface area contributed by atoms with Gasteiger partial charge >= 0.3 is 6.09 Å². The fourth-order valence-corrected chi connectivity index (χ4v) is 3.50. The molecule has 0 radical (unpaired) electrons. The molecule has 1 aromatic carbocycles. The van der Waals surface area contributed by atoms with Crippen molar-refractivity contribution in [2.75, 3.05) is 19.8 Å². The summed E-state index contributed by atoms with van der Waals surface area (Å²) in [5.74, 6) is 0. The Hall–Kier alpha value is -2.38. The molecule has 0 aliphatic carbocycles. The molecule has 3 rings (SSSR count). The van der Waals surface area contributed by atoms with Crippen LogP contribution in [0.1, 0.15) is 39.7 Å². The van der Waals surface area contributed by atoms with Gasteiger partial charge in [-0.3, -0.25) is 0 Å². The van der Waals surface area contributed by atoms with Gasteiger partial charge in [0, 0.05) is 31.5 Å².